The van der Waals surface area contributed by atoms with Crippen LogP contribution in [0.15, 0.2) is 34.8 Å². The second-order valence-electron chi connectivity index (χ2n) is 4.33. The maximum atomic E-state index is 5.99. The first kappa shape index (κ1) is 13.3. The van der Waals surface area contributed by atoms with Gasteiger partial charge in [-0.3, -0.25) is 0 Å². The zero-order valence-corrected chi connectivity index (χ0v) is 12.9. The first-order valence-corrected chi connectivity index (χ1v) is 7.04. The predicted molar refractivity (Wildman–Crippen MR) is 85.2 cm³/mol. The van der Waals surface area contributed by atoms with Gasteiger partial charge in [0.15, 0.2) is 0 Å². The lowest BCUT2D eigenvalue weighted by Crippen LogP contribution is -1.87. The number of hydrogen-bond acceptors (Lipinski definition) is 3. The topological polar surface area (TPSA) is 63.9 Å². The van der Waals surface area contributed by atoms with Crippen molar-refractivity contribution >= 4 is 44.3 Å². The van der Waals surface area contributed by atoms with Gasteiger partial charge in [0.25, 0.3) is 0 Å². The third-order valence-corrected chi connectivity index (χ3v) is 3.84. The molecule has 0 bridgehead atoms. The second kappa shape index (κ2) is 5.00. The number of aromatic amines is 1. The summed E-state index contributed by atoms with van der Waals surface area (Å²) in [5.74, 6) is 1.50. The smallest absolute Gasteiger partial charge is 0.138 e. The van der Waals surface area contributed by atoms with Gasteiger partial charge < -0.3 is 15.5 Å². The lowest BCUT2D eigenvalue weighted by Gasteiger charge is -2.04. The van der Waals surface area contributed by atoms with E-state index in [1.165, 1.54) is 0 Å². The molecule has 0 aliphatic carbocycles. The molecule has 0 saturated carbocycles. The van der Waals surface area contributed by atoms with E-state index in [4.69, 9.17) is 22.1 Å². The molecule has 3 N–H and O–H groups in total. The summed E-state index contributed by atoms with van der Waals surface area (Å²) in [6.07, 6.45) is 0. The van der Waals surface area contributed by atoms with E-state index in [9.17, 15) is 0 Å². The van der Waals surface area contributed by atoms with Gasteiger partial charge in [0.1, 0.15) is 17.1 Å². The predicted octanol–water partition coefficient (Wildman–Crippen LogP) is 4.24. The lowest BCUT2D eigenvalue weighted by atomic mass is 10.2. The number of nitrogens with two attached hydrogens (primary N) is 1. The average Bonchev–Trinajstić information content (AvgIpc) is 2.82. The fourth-order valence-electron chi connectivity index (χ4n) is 2.06. The quantitative estimate of drug-likeness (QED) is 0.678. The van der Waals surface area contributed by atoms with Crippen molar-refractivity contribution in [2.24, 2.45) is 0 Å². The molecule has 0 aliphatic heterocycles. The maximum Gasteiger partial charge on any atom is 0.138 e. The van der Waals surface area contributed by atoms with E-state index in [0.717, 1.165) is 32.6 Å². The van der Waals surface area contributed by atoms with E-state index in [-0.39, 0.29) is 0 Å². The fraction of sp³-hybridized carbons (Fsp3) is 0.0714. The van der Waals surface area contributed by atoms with Crippen LogP contribution < -0.4 is 10.5 Å². The zero-order chi connectivity index (χ0) is 14.3. The van der Waals surface area contributed by atoms with Gasteiger partial charge in [-0.15, -0.1) is 0 Å². The van der Waals surface area contributed by atoms with Gasteiger partial charge in [0.05, 0.1) is 22.8 Å². The highest BCUT2D eigenvalue weighted by atomic mass is 79.9. The molecule has 1 aromatic heterocycles. The van der Waals surface area contributed by atoms with Crippen LogP contribution >= 0.6 is 27.5 Å². The van der Waals surface area contributed by atoms with Gasteiger partial charge in [-0.05, 0) is 46.3 Å². The highest BCUT2D eigenvalue weighted by Crippen LogP contribution is 2.32. The molecular weight excluding hydrogens is 342 g/mol. The Morgan fingerprint density at radius 1 is 1.30 bits per heavy atom. The maximum absolute atomic E-state index is 5.99. The summed E-state index contributed by atoms with van der Waals surface area (Å²) in [7, 11) is 1.63. The normalized spacial score (nSPS) is 10.9. The molecule has 2 aromatic carbocycles. The molecule has 4 nitrogen and oxygen atoms in total. The van der Waals surface area contributed by atoms with Crippen LogP contribution in [-0.4, -0.2) is 17.1 Å². The number of imidazole rings is 1. The Labute approximate surface area is 129 Å². The minimum atomic E-state index is 0.558. The van der Waals surface area contributed by atoms with Gasteiger partial charge >= 0.3 is 0 Å². The molecule has 0 atom stereocenters. The van der Waals surface area contributed by atoms with Crippen LogP contribution in [0.4, 0.5) is 5.69 Å². The zero-order valence-electron chi connectivity index (χ0n) is 10.6. The van der Waals surface area contributed by atoms with E-state index < -0.39 is 0 Å². The highest BCUT2D eigenvalue weighted by Gasteiger charge is 2.10. The third kappa shape index (κ3) is 2.23. The summed E-state index contributed by atoms with van der Waals surface area (Å²) >= 11 is 9.45. The Hall–Kier alpha value is -1.72. The van der Waals surface area contributed by atoms with Crippen molar-refractivity contribution in [3.63, 3.8) is 0 Å². The molecule has 3 rings (SSSR count). The Morgan fingerprint density at radius 3 is 2.80 bits per heavy atom. The number of rotatable bonds is 2. The standard InChI is InChI=1S/C14H11BrClN3O/c1-20-12-3-2-7(4-9(12)15)14-18-11-6-8(16)5-10(17)13(11)19-14/h2-6H,17H2,1H3,(H,18,19). The minimum absolute atomic E-state index is 0.558. The molecule has 0 amide bonds. The Bertz CT molecular complexity index is 800. The van der Waals surface area contributed by atoms with Gasteiger partial charge in [-0.25, -0.2) is 4.98 Å². The number of benzene rings is 2. The number of anilines is 1. The minimum Gasteiger partial charge on any atom is -0.496 e. The number of nitrogens with zero attached hydrogens (tertiary/aromatic N) is 1. The van der Waals surface area contributed by atoms with Crippen LogP contribution in [-0.2, 0) is 0 Å². The van der Waals surface area contributed by atoms with Crippen LogP contribution in [0.25, 0.3) is 22.4 Å². The van der Waals surface area contributed by atoms with E-state index in [1.54, 1.807) is 13.2 Å². The van der Waals surface area contributed by atoms with Gasteiger partial charge in [-0.2, -0.15) is 0 Å². The number of hydrogen-bond donors (Lipinski definition) is 2. The third-order valence-electron chi connectivity index (χ3n) is 3.01. The largest absolute Gasteiger partial charge is 0.496 e. The molecule has 0 saturated heterocycles. The number of nitrogens with one attached hydrogen (secondary N) is 1. The van der Waals surface area contributed by atoms with Crippen molar-refractivity contribution in [1.29, 1.82) is 0 Å². The Kier molecular flexibility index (Phi) is 3.31. The van der Waals surface area contributed by atoms with Crippen molar-refractivity contribution in [2.45, 2.75) is 0 Å². The molecule has 20 heavy (non-hydrogen) atoms. The van der Waals surface area contributed by atoms with Crippen molar-refractivity contribution in [1.82, 2.24) is 9.97 Å². The number of ether oxygens (including phenoxy) is 1. The molecule has 102 valence electrons. The summed E-state index contributed by atoms with van der Waals surface area (Å²) in [6, 6.07) is 9.25. The number of nitrogen functional groups attached to an aromatic ring is 1. The number of fused-ring (bicyclic) bond motifs is 1. The van der Waals surface area contributed by atoms with E-state index in [0.29, 0.717) is 10.7 Å². The summed E-state index contributed by atoms with van der Waals surface area (Å²) in [6.45, 7) is 0. The summed E-state index contributed by atoms with van der Waals surface area (Å²) < 4.78 is 6.08. The van der Waals surface area contributed by atoms with Crippen LogP contribution in [0.1, 0.15) is 0 Å². The summed E-state index contributed by atoms with van der Waals surface area (Å²) in [5, 5.41) is 0.584. The van der Waals surface area contributed by atoms with Crippen molar-refractivity contribution in [3.8, 4) is 17.1 Å². The van der Waals surface area contributed by atoms with E-state index >= 15 is 0 Å². The molecule has 0 aliphatic rings. The molecule has 0 unspecified atom stereocenters. The average molecular weight is 353 g/mol. The molecule has 3 aromatic rings. The monoisotopic (exact) mass is 351 g/mol. The van der Waals surface area contributed by atoms with Gasteiger partial charge in [-0.1, -0.05) is 11.6 Å². The van der Waals surface area contributed by atoms with E-state index in [2.05, 4.69) is 25.9 Å². The van der Waals surface area contributed by atoms with Crippen molar-refractivity contribution < 1.29 is 4.74 Å². The SMILES string of the molecule is COc1ccc(-c2nc3c(N)cc(Cl)cc3[nH]2)cc1Br. The van der Waals surface area contributed by atoms with Crippen LogP contribution in [0, 0.1) is 0 Å². The molecule has 6 heteroatoms. The first-order chi connectivity index (χ1) is 9.58. The lowest BCUT2D eigenvalue weighted by molar-refractivity contribution is 0.412. The molecule has 0 radical (unpaired) electrons. The van der Waals surface area contributed by atoms with Crippen LogP contribution in [0.3, 0.4) is 0 Å². The number of methoxy groups -OCH3 is 1. The van der Waals surface area contributed by atoms with E-state index in [1.807, 2.05) is 24.3 Å². The molecule has 0 fully saturated rings. The van der Waals surface area contributed by atoms with Crippen LogP contribution in [0.5, 0.6) is 5.75 Å². The summed E-state index contributed by atoms with van der Waals surface area (Å²) in [4.78, 5) is 7.74. The molecule has 0 spiro atoms. The second-order valence-corrected chi connectivity index (χ2v) is 5.62. The van der Waals surface area contributed by atoms with Crippen LogP contribution in [0.2, 0.25) is 5.02 Å². The summed E-state index contributed by atoms with van der Waals surface area (Å²) in [5.41, 5.74) is 8.96. The fourth-order valence-corrected chi connectivity index (χ4v) is 2.83. The number of aromatic nitrogens is 2. The highest BCUT2D eigenvalue weighted by molar-refractivity contribution is 9.10. The first-order valence-electron chi connectivity index (χ1n) is 5.87. The van der Waals surface area contributed by atoms with Gasteiger partial charge in [0.2, 0.25) is 0 Å². The van der Waals surface area contributed by atoms with Crippen molar-refractivity contribution in [3.05, 3.63) is 39.8 Å². The molecular formula is C14H11BrClN3O. The molecule has 1 heterocycles. The Balaban J connectivity index is 2.15. The number of halogens is 2. The number of H-pyrrole nitrogens is 1. The Morgan fingerprint density at radius 2 is 2.10 bits per heavy atom. The van der Waals surface area contributed by atoms with Crippen molar-refractivity contribution in [2.75, 3.05) is 12.8 Å². The van der Waals surface area contributed by atoms with Gasteiger partial charge in [0, 0.05) is 10.6 Å².